The van der Waals surface area contributed by atoms with E-state index in [4.69, 9.17) is 27.9 Å². The van der Waals surface area contributed by atoms with E-state index in [0.717, 1.165) is 35.4 Å². The molecule has 0 atom stereocenters. The Hall–Kier alpha value is -1.71. The van der Waals surface area contributed by atoms with E-state index < -0.39 is 0 Å². The monoisotopic (exact) mass is 320 g/mol. The van der Waals surface area contributed by atoms with Gasteiger partial charge in [0.1, 0.15) is 11.6 Å². The molecule has 0 aliphatic carbocycles. The lowest BCUT2D eigenvalue weighted by Crippen LogP contribution is -2.00. The molecule has 1 aromatic heterocycles. The third-order valence-corrected chi connectivity index (χ3v) is 3.86. The first kappa shape index (κ1) is 14.2. The first-order valence-electron chi connectivity index (χ1n) is 6.74. The number of nitrogens with one attached hydrogen (secondary N) is 1. The van der Waals surface area contributed by atoms with Crippen molar-refractivity contribution < 1.29 is 4.74 Å². The van der Waals surface area contributed by atoms with Gasteiger partial charge in [0.2, 0.25) is 0 Å². The number of hydrogen-bond acceptors (Lipinski definition) is 2. The molecular formula is C16H14Cl2N2O. The van der Waals surface area contributed by atoms with Gasteiger partial charge in [0.25, 0.3) is 0 Å². The van der Waals surface area contributed by atoms with E-state index >= 15 is 0 Å². The molecule has 0 spiro atoms. The number of imidazole rings is 1. The molecule has 0 aliphatic rings. The highest BCUT2D eigenvalue weighted by molar-refractivity contribution is 6.42. The highest BCUT2D eigenvalue weighted by atomic mass is 35.5. The van der Waals surface area contributed by atoms with E-state index in [2.05, 4.69) is 9.97 Å². The Morgan fingerprint density at radius 1 is 1.05 bits per heavy atom. The number of benzene rings is 2. The van der Waals surface area contributed by atoms with Crippen LogP contribution in [0.4, 0.5) is 0 Å². The zero-order valence-corrected chi connectivity index (χ0v) is 12.8. The van der Waals surface area contributed by atoms with Crippen molar-refractivity contribution in [3.63, 3.8) is 0 Å². The summed E-state index contributed by atoms with van der Waals surface area (Å²) in [5, 5.41) is 1.06. The Morgan fingerprint density at radius 3 is 2.62 bits per heavy atom. The third kappa shape index (κ3) is 3.49. The van der Waals surface area contributed by atoms with Gasteiger partial charge in [-0.1, -0.05) is 41.4 Å². The van der Waals surface area contributed by atoms with Gasteiger partial charge >= 0.3 is 0 Å². The average Bonchev–Trinajstić information content (AvgIpc) is 2.87. The molecule has 2 aromatic carbocycles. The summed E-state index contributed by atoms with van der Waals surface area (Å²) in [6.45, 7) is 0.655. The minimum absolute atomic E-state index is 0.523. The van der Waals surface area contributed by atoms with Gasteiger partial charge in [0.05, 0.1) is 27.7 Å². The number of ether oxygens (including phenoxy) is 1. The standard InChI is InChI=1S/C16H14Cl2N2O/c17-12-9-14-15(10-13(12)18)20-16(19-14)7-4-8-21-11-5-2-1-3-6-11/h1-3,5-6,9-10H,4,7-8H2,(H,19,20). The first-order valence-corrected chi connectivity index (χ1v) is 7.49. The van der Waals surface area contributed by atoms with E-state index in [9.17, 15) is 0 Å². The largest absolute Gasteiger partial charge is 0.494 e. The predicted octanol–water partition coefficient (Wildman–Crippen LogP) is 4.88. The van der Waals surface area contributed by atoms with Crippen LogP contribution in [0.2, 0.25) is 10.0 Å². The van der Waals surface area contributed by atoms with Crippen molar-refractivity contribution in [3.8, 4) is 5.75 Å². The van der Waals surface area contributed by atoms with Crippen LogP contribution in [0.5, 0.6) is 5.75 Å². The summed E-state index contributed by atoms with van der Waals surface area (Å²) in [7, 11) is 0. The molecule has 0 amide bonds. The van der Waals surface area contributed by atoms with Gasteiger partial charge in [-0.05, 0) is 30.7 Å². The van der Waals surface area contributed by atoms with Crippen LogP contribution in [0.15, 0.2) is 42.5 Å². The Kier molecular flexibility index (Phi) is 4.32. The Balaban J connectivity index is 1.58. The van der Waals surface area contributed by atoms with Gasteiger partial charge in [0.15, 0.2) is 0 Å². The molecule has 5 heteroatoms. The van der Waals surface area contributed by atoms with Crippen molar-refractivity contribution in [2.75, 3.05) is 6.61 Å². The van der Waals surface area contributed by atoms with E-state index in [1.54, 1.807) is 12.1 Å². The number of aromatic amines is 1. The van der Waals surface area contributed by atoms with Crippen molar-refractivity contribution in [2.24, 2.45) is 0 Å². The van der Waals surface area contributed by atoms with E-state index in [0.29, 0.717) is 16.7 Å². The fraction of sp³-hybridized carbons (Fsp3) is 0.188. The fourth-order valence-electron chi connectivity index (χ4n) is 2.12. The summed E-state index contributed by atoms with van der Waals surface area (Å²) < 4.78 is 5.66. The highest BCUT2D eigenvalue weighted by Gasteiger charge is 2.06. The lowest BCUT2D eigenvalue weighted by molar-refractivity contribution is 0.310. The molecule has 0 saturated carbocycles. The number of aromatic nitrogens is 2. The van der Waals surface area contributed by atoms with Gasteiger partial charge in [-0.25, -0.2) is 4.98 Å². The Bertz CT molecular complexity index is 702. The number of hydrogen-bond donors (Lipinski definition) is 1. The zero-order chi connectivity index (χ0) is 14.7. The Morgan fingerprint density at radius 2 is 1.81 bits per heavy atom. The van der Waals surface area contributed by atoms with Crippen LogP contribution < -0.4 is 4.74 Å². The minimum Gasteiger partial charge on any atom is -0.494 e. The third-order valence-electron chi connectivity index (χ3n) is 3.14. The molecule has 0 unspecified atom stereocenters. The van der Waals surface area contributed by atoms with Gasteiger partial charge < -0.3 is 9.72 Å². The number of rotatable bonds is 5. The normalized spacial score (nSPS) is 11.0. The molecule has 3 nitrogen and oxygen atoms in total. The van der Waals surface area contributed by atoms with Crippen molar-refractivity contribution in [2.45, 2.75) is 12.8 Å². The molecule has 1 heterocycles. The number of para-hydroxylation sites is 1. The van der Waals surface area contributed by atoms with Gasteiger partial charge in [-0.2, -0.15) is 0 Å². The van der Waals surface area contributed by atoms with Crippen LogP contribution in [-0.2, 0) is 6.42 Å². The SMILES string of the molecule is Clc1cc2nc(CCCOc3ccccc3)[nH]c2cc1Cl. The highest BCUT2D eigenvalue weighted by Crippen LogP contribution is 2.26. The van der Waals surface area contributed by atoms with Crippen LogP contribution in [0.1, 0.15) is 12.2 Å². The summed E-state index contributed by atoms with van der Waals surface area (Å²) in [5.41, 5.74) is 1.74. The first-order chi connectivity index (χ1) is 10.2. The number of aryl methyl sites for hydroxylation is 1. The Labute approximate surface area is 132 Å². The second-order valence-corrected chi connectivity index (χ2v) is 5.55. The molecule has 108 valence electrons. The van der Waals surface area contributed by atoms with E-state index in [-0.39, 0.29) is 0 Å². The molecule has 0 aliphatic heterocycles. The van der Waals surface area contributed by atoms with Gasteiger partial charge in [-0.15, -0.1) is 0 Å². The number of halogens is 2. The van der Waals surface area contributed by atoms with Crippen LogP contribution in [0, 0.1) is 0 Å². The van der Waals surface area contributed by atoms with Gasteiger partial charge in [0, 0.05) is 6.42 Å². The molecule has 21 heavy (non-hydrogen) atoms. The second kappa shape index (κ2) is 6.37. The summed E-state index contributed by atoms with van der Waals surface area (Å²) in [6, 6.07) is 13.4. The summed E-state index contributed by atoms with van der Waals surface area (Å²) in [5.74, 6) is 1.81. The average molecular weight is 321 g/mol. The maximum absolute atomic E-state index is 5.99. The molecule has 1 N–H and O–H groups in total. The van der Waals surface area contributed by atoms with Crippen LogP contribution in [0.25, 0.3) is 11.0 Å². The lowest BCUT2D eigenvalue weighted by Gasteiger charge is -2.04. The minimum atomic E-state index is 0.523. The van der Waals surface area contributed by atoms with Crippen LogP contribution >= 0.6 is 23.2 Å². The molecule has 0 fully saturated rings. The second-order valence-electron chi connectivity index (χ2n) is 4.73. The van der Waals surface area contributed by atoms with Crippen LogP contribution in [0.3, 0.4) is 0 Å². The number of H-pyrrole nitrogens is 1. The maximum atomic E-state index is 5.99. The number of fused-ring (bicyclic) bond motifs is 1. The quantitative estimate of drug-likeness (QED) is 0.680. The van der Waals surface area contributed by atoms with Gasteiger partial charge in [-0.3, -0.25) is 0 Å². The molecule has 3 aromatic rings. The molecule has 0 radical (unpaired) electrons. The predicted molar refractivity (Wildman–Crippen MR) is 86.4 cm³/mol. The van der Waals surface area contributed by atoms with Crippen molar-refractivity contribution in [1.82, 2.24) is 9.97 Å². The topological polar surface area (TPSA) is 37.9 Å². The summed E-state index contributed by atoms with van der Waals surface area (Å²) in [4.78, 5) is 7.76. The van der Waals surface area contributed by atoms with Crippen molar-refractivity contribution in [1.29, 1.82) is 0 Å². The van der Waals surface area contributed by atoms with Crippen molar-refractivity contribution in [3.05, 3.63) is 58.3 Å². The molecule has 0 bridgehead atoms. The summed E-state index contributed by atoms with van der Waals surface area (Å²) >= 11 is 12.0. The van der Waals surface area contributed by atoms with Crippen molar-refractivity contribution >= 4 is 34.2 Å². The summed E-state index contributed by atoms with van der Waals surface area (Å²) in [6.07, 6.45) is 1.70. The van der Waals surface area contributed by atoms with E-state index in [1.165, 1.54) is 0 Å². The smallest absolute Gasteiger partial charge is 0.119 e. The lowest BCUT2D eigenvalue weighted by atomic mass is 10.3. The van der Waals surface area contributed by atoms with E-state index in [1.807, 2.05) is 30.3 Å². The number of nitrogens with zero attached hydrogens (tertiary/aromatic N) is 1. The van der Waals surface area contributed by atoms with Crippen LogP contribution in [-0.4, -0.2) is 16.6 Å². The molecular weight excluding hydrogens is 307 g/mol. The fourth-order valence-corrected chi connectivity index (χ4v) is 2.44. The zero-order valence-electron chi connectivity index (χ0n) is 11.3. The molecule has 0 saturated heterocycles. The molecule has 3 rings (SSSR count). The maximum Gasteiger partial charge on any atom is 0.119 e.